The molecule has 6 heteroatoms. The highest BCUT2D eigenvalue weighted by atomic mass is 16.4. The van der Waals surface area contributed by atoms with Crippen LogP contribution in [0.25, 0.3) is 11.0 Å². The number of carbonyl (C=O) groups is 1. The van der Waals surface area contributed by atoms with Crippen molar-refractivity contribution in [2.45, 2.75) is 26.8 Å². The summed E-state index contributed by atoms with van der Waals surface area (Å²) in [5.74, 6) is 1.20. The molecular weight excluding hydrogens is 356 g/mol. The first-order valence-electron chi connectivity index (χ1n) is 9.70. The van der Waals surface area contributed by atoms with Gasteiger partial charge in [0.15, 0.2) is 5.43 Å². The molecule has 0 fully saturated rings. The Morgan fingerprint density at radius 2 is 1.79 bits per heavy atom. The van der Waals surface area contributed by atoms with Crippen molar-refractivity contribution in [2.24, 2.45) is 0 Å². The SMILES string of the molecule is CCN(CC)CCN1C(=O)c2oc3ccccc3c(=O)c2[C@H]1c1ccc(C)o1. The summed E-state index contributed by atoms with van der Waals surface area (Å²) in [6, 6.07) is 10.2. The maximum absolute atomic E-state index is 13.3. The minimum absolute atomic E-state index is 0.127. The smallest absolute Gasteiger partial charge is 0.291 e. The van der Waals surface area contributed by atoms with E-state index in [0.717, 1.165) is 25.4 Å². The minimum atomic E-state index is -0.562. The molecule has 3 heterocycles. The van der Waals surface area contributed by atoms with Crippen LogP contribution in [0.3, 0.4) is 0 Å². The van der Waals surface area contributed by atoms with Crippen LogP contribution in [0.2, 0.25) is 0 Å². The number of hydrogen-bond donors (Lipinski definition) is 0. The minimum Gasteiger partial charge on any atom is -0.464 e. The van der Waals surface area contributed by atoms with E-state index in [4.69, 9.17) is 8.83 Å². The zero-order valence-corrected chi connectivity index (χ0v) is 16.4. The van der Waals surface area contributed by atoms with E-state index in [2.05, 4.69) is 18.7 Å². The fourth-order valence-electron chi connectivity index (χ4n) is 3.88. The number of rotatable bonds is 6. The van der Waals surface area contributed by atoms with E-state index in [1.165, 1.54) is 0 Å². The molecular formula is C22H24N2O4. The van der Waals surface area contributed by atoms with E-state index in [-0.39, 0.29) is 17.1 Å². The van der Waals surface area contributed by atoms with Crippen molar-refractivity contribution in [3.05, 3.63) is 69.5 Å². The lowest BCUT2D eigenvalue weighted by Crippen LogP contribution is -2.37. The van der Waals surface area contributed by atoms with Crippen LogP contribution in [0, 0.1) is 6.92 Å². The highest BCUT2D eigenvalue weighted by molar-refractivity contribution is 5.98. The summed E-state index contributed by atoms with van der Waals surface area (Å²) in [7, 11) is 0. The molecule has 1 aromatic carbocycles. The lowest BCUT2D eigenvalue weighted by atomic mass is 10.0. The molecule has 2 aromatic heterocycles. The Morgan fingerprint density at radius 1 is 1.04 bits per heavy atom. The topological polar surface area (TPSA) is 66.9 Å². The van der Waals surface area contributed by atoms with Gasteiger partial charge >= 0.3 is 0 Å². The Bertz CT molecular complexity index is 1080. The van der Waals surface area contributed by atoms with Gasteiger partial charge in [-0.05, 0) is 44.3 Å². The van der Waals surface area contributed by atoms with Gasteiger partial charge in [-0.15, -0.1) is 0 Å². The van der Waals surface area contributed by atoms with Gasteiger partial charge in [0, 0.05) is 13.1 Å². The van der Waals surface area contributed by atoms with E-state index in [9.17, 15) is 9.59 Å². The molecule has 1 aliphatic heterocycles. The van der Waals surface area contributed by atoms with Gasteiger partial charge < -0.3 is 18.6 Å². The summed E-state index contributed by atoms with van der Waals surface area (Å²) in [5.41, 5.74) is 0.631. The Kier molecular flexibility index (Phi) is 4.81. The van der Waals surface area contributed by atoms with Crippen LogP contribution in [-0.2, 0) is 0 Å². The van der Waals surface area contributed by atoms with Crippen LogP contribution in [0.4, 0.5) is 0 Å². The third-order valence-corrected chi connectivity index (χ3v) is 5.46. The van der Waals surface area contributed by atoms with Crippen molar-refractivity contribution < 1.29 is 13.6 Å². The maximum Gasteiger partial charge on any atom is 0.291 e. The van der Waals surface area contributed by atoms with Gasteiger partial charge in [-0.3, -0.25) is 9.59 Å². The zero-order valence-electron chi connectivity index (χ0n) is 16.4. The molecule has 3 aromatic rings. The molecule has 6 nitrogen and oxygen atoms in total. The summed E-state index contributed by atoms with van der Waals surface area (Å²) in [5, 5.41) is 0.480. The summed E-state index contributed by atoms with van der Waals surface area (Å²) >= 11 is 0. The van der Waals surface area contributed by atoms with Gasteiger partial charge in [0.1, 0.15) is 23.1 Å². The van der Waals surface area contributed by atoms with Gasteiger partial charge in [0.2, 0.25) is 5.76 Å². The number of aryl methyl sites for hydroxylation is 1. The molecule has 4 rings (SSSR count). The van der Waals surface area contributed by atoms with E-state index in [1.54, 1.807) is 29.2 Å². The standard InChI is InChI=1S/C22H24N2O4/c1-4-23(5-2)12-13-24-19(17-11-10-14(3)27-17)18-20(25)15-8-6-7-9-16(15)28-21(18)22(24)26/h6-11,19H,4-5,12-13H2,1-3H3/t19-/m1/s1. The van der Waals surface area contributed by atoms with E-state index < -0.39 is 6.04 Å². The van der Waals surface area contributed by atoms with E-state index in [1.807, 2.05) is 19.1 Å². The Morgan fingerprint density at radius 3 is 2.46 bits per heavy atom. The summed E-state index contributed by atoms with van der Waals surface area (Å²) in [6.45, 7) is 9.05. The average molecular weight is 380 g/mol. The average Bonchev–Trinajstić information content (AvgIpc) is 3.25. The number of hydrogen-bond acceptors (Lipinski definition) is 5. The van der Waals surface area contributed by atoms with Crippen molar-refractivity contribution >= 4 is 16.9 Å². The predicted octanol–water partition coefficient (Wildman–Crippen LogP) is 3.58. The number of carbonyl (C=O) groups excluding carboxylic acids is 1. The molecule has 28 heavy (non-hydrogen) atoms. The first-order chi connectivity index (χ1) is 13.5. The van der Waals surface area contributed by atoms with Gasteiger partial charge in [-0.25, -0.2) is 0 Å². The lowest BCUT2D eigenvalue weighted by Gasteiger charge is -2.26. The molecule has 0 spiro atoms. The van der Waals surface area contributed by atoms with Crippen molar-refractivity contribution in [3.8, 4) is 0 Å². The van der Waals surface area contributed by atoms with Crippen LogP contribution in [0.5, 0.6) is 0 Å². The number of para-hydroxylation sites is 1. The maximum atomic E-state index is 13.3. The highest BCUT2D eigenvalue weighted by Crippen LogP contribution is 2.38. The summed E-state index contributed by atoms with van der Waals surface area (Å²) < 4.78 is 11.7. The van der Waals surface area contributed by atoms with Crippen molar-refractivity contribution in [3.63, 3.8) is 0 Å². The Labute approximate surface area is 163 Å². The number of amides is 1. The molecule has 1 amide bonds. The molecule has 0 bridgehead atoms. The van der Waals surface area contributed by atoms with Crippen molar-refractivity contribution in [2.75, 3.05) is 26.2 Å². The number of likely N-dealkylation sites (N-methyl/N-ethyl adjacent to an activating group) is 1. The zero-order chi connectivity index (χ0) is 19.8. The Hall–Kier alpha value is -2.86. The second-order valence-electron chi connectivity index (χ2n) is 7.05. The normalized spacial score (nSPS) is 16.4. The Balaban J connectivity index is 1.85. The molecule has 0 aliphatic carbocycles. The first-order valence-corrected chi connectivity index (χ1v) is 9.70. The fraction of sp³-hybridized carbons (Fsp3) is 0.364. The summed E-state index contributed by atoms with van der Waals surface area (Å²) in [6.07, 6.45) is 0. The third kappa shape index (κ3) is 2.94. The van der Waals surface area contributed by atoms with Gasteiger partial charge in [-0.2, -0.15) is 0 Å². The van der Waals surface area contributed by atoms with E-state index in [0.29, 0.717) is 28.8 Å². The van der Waals surface area contributed by atoms with Crippen LogP contribution in [0.1, 0.15) is 47.5 Å². The van der Waals surface area contributed by atoms with Gasteiger partial charge in [0.25, 0.3) is 5.91 Å². The van der Waals surface area contributed by atoms with Crippen LogP contribution in [0.15, 0.2) is 50.0 Å². The predicted molar refractivity (Wildman–Crippen MR) is 107 cm³/mol. The molecule has 1 aliphatic rings. The number of benzene rings is 1. The molecule has 0 unspecified atom stereocenters. The van der Waals surface area contributed by atoms with Crippen molar-refractivity contribution in [1.82, 2.24) is 9.80 Å². The largest absolute Gasteiger partial charge is 0.464 e. The van der Waals surface area contributed by atoms with Crippen molar-refractivity contribution in [1.29, 1.82) is 0 Å². The summed E-state index contributed by atoms with van der Waals surface area (Å²) in [4.78, 5) is 30.4. The number of nitrogens with zero attached hydrogens (tertiary/aromatic N) is 2. The lowest BCUT2D eigenvalue weighted by molar-refractivity contribution is 0.0693. The molecule has 146 valence electrons. The molecule has 0 radical (unpaired) electrons. The van der Waals surface area contributed by atoms with Crippen LogP contribution in [-0.4, -0.2) is 41.9 Å². The molecule has 0 N–H and O–H groups in total. The first kappa shape index (κ1) is 18.5. The molecule has 1 atom stereocenters. The highest BCUT2D eigenvalue weighted by Gasteiger charge is 2.44. The van der Waals surface area contributed by atoms with E-state index >= 15 is 0 Å². The van der Waals surface area contributed by atoms with Gasteiger partial charge in [-0.1, -0.05) is 26.0 Å². The van der Waals surface area contributed by atoms with Gasteiger partial charge in [0.05, 0.1) is 10.9 Å². The fourth-order valence-corrected chi connectivity index (χ4v) is 3.88. The van der Waals surface area contributed by atoms with Crippen LogP contribution >= 0.6 is 0 Å². The molecule has 0 saturated carbocycles. The second-order valence-corrected chi connectivity index (χ2v) is 7.05. The molecule has 0 saturated heterocycles. The third-order valence-electron chi connectivity index (χ3n) is 5.46. The number of fused-ring (bicyclic) bond motifs is 2. The monoisotopic (exact) mass is 380 g/mol. The second kappa shape index (κ2) is 7.28. The number of furan rings is 1. The van der Waals surface area contributed by atoms with Crippen LogP contribution < -0.4 is 5.43 Å². The quantitative estimate of drug-likeness (QED) is 0.654.